The van der Waals surface area contributed by atoms with Gasteiger partial charge in [0.2, 0.25) is 0 Å². The van der Waals surface area contributed by atoms with Crippen LogP contribution in [0.1, 0.15) is 13.3 Å². The second-order valence-electron chi connectivity index (χ2n) is 8.25. The summed E-state index contributed by atoms with van der Waals surface area (Å²) in [5.41, 5.74) is 7.26. The molecule has 1 unspecified atom stereocenters. The van der Waals surface area contributed by atoms with Crippen LogP contribution in [0.3, 0.4) is 0 Å². The number of hydrogen-bond acceptors (Lipinski definition) is 6. The summed E-state index contributed by atoms with van der Waals surface area (Å²) in [6.07, 6.45) is 3.36. The summed E-state index contributed by atoms with van der Waals surface area (Å²) in [6, 6.07) is 17.0. The van der Waals surface area contributed by atoms with Gasteiger partial charge in [0.15, 0.2) is 5.13 Å². The lowest BCUT2D eigenvalue weighted by atomic mass is 10.1. The van der Waals surface area contributed by atoms with Crippen LogP contribution in [0.4, 0.5) is 10.1 Å². The number of rotatable bonds is 6. The average Bonchev–Trinajstić information content (AvgIpc) is 3.61. The molecule has 1 atom stereocenters. The van der Waals surface area contributed by atoms with Crippen molar-refractivity contribution < 1.29 is 9.50 Å². The van der Waals surface area contributed by atoms with E-state index in [2.05, 4.69) is 25.5 Å². The minimum Gasteiger partial charge on any atom is -0.374 e. The number of aromatic amines is 2. The van der Waals surface area contributed by atoms with Crippen molar-refractivity contribution in [2.45, 2.75) is 19.6 Å². The molecule has 174 valence electrons. The number of benzene rings is 1. The first-order valence-electron chi connectivity index (χ1n) is 11.2. The number of thiophene rings is 1. The molecule has 0 radical (unpaired) electrons. The van der Waals surface area contributed by atoms with Gasteiger partial charge in [-0.25, -0.2) is 4.98 Å². The number of hydrogen-bond donors (Lipinski definition) is 4. The van der Waals surface area contributed by atoms with E-state index in [9.17, 15) is 9.50 Å². The molecular formula is C26H21FN6OS. The summed E-state index contributed by atoms with van der Waals surface area (Å²) in [7, 11) is 0. The van der Waals surface area contributed by atoms with Gasteiger partial charge in [-0.15, -0.1) is 11.3 Å². The smallest absolute Gasteiger partial charge is 0.176 e. The van der Waals surface area contributed by atoms with E-state index in [-0.39, 0.29) is 5.13 Å². The van der Waals surface area contributed by atoms with Crippen molar-refractivity contribution in [1.29, 1.82) is 0 Å². The van der Waals surface area contributed by atoms with Crippen molar-refractivity contribution in [3.63, 3.8) is 0 Å². The van der Waals surface area contributed by atoms with Crippen molar-refractivity contribution in [2.24, 2.45) is 0 Å². The lowest BCUT2D eigenvalue weighted by Crippen LogP contribution is -2.16. The normalized spacial score (nSPS) is 12.4. The lowest BCUT2D eigenvalue weighted by molar-refractivity contribution is 0.199. The molecule has 0 saturated heterocycles. The van der Waals surface area contributed by atoms with Crippen LogP contribution in [0.2, 0.25) is 0 Å². The molecule has 0 aliphatic carbocycles. The van der Waals surface area contributed by atoms with Crippen LogP contribution in [0, 0.1) is 5.13 Å². The molecule has 6 aromatic rings. The van der Waals surface area contributed by atoms with Gasteiger partial charge in [-0.3, -0.25) is 10.1 Å². The highest BCUT2D eigenvalue weighted by atomic mass is 32.1. The van der Waals surface area contributed by atoms with Crippen molar-refractivity contribution >= 4 is 39.0 Å². The summed E-state index contributed by atoms with van der Waals surface area (Å²) in [5.74, 6) is 0. The van der Waals surface area contributed by atoms with Crippen LogP contribution < -0.4 is 5.32 Å². The number of fused-ring (bicyclic) bond motifs is 2. The third-order valence-corrected chi connectivity index (χ3v) is 6.83. The van der Waals surface area contributed by atoms with E-state index in [1.807, 2.05) is 49.4 Å². The van der Waals surface area contributed by atoms with E-state index in [0.29, 0.717) is 12.1 Å². The average molecular weight is 485 g/mol. The van der Waals surface area contributed by atoms with E-state index in [1.54, 1.807) is 18.5 Å². The van der Waals surface area contributed by atoms with E-state index < -0.39 is 6.23 Å². The van der Waals surface area contributed by atoms with Crippen LogP contribution in [-0.2, 0) is 0 Å². The summed E-state index contributed by atoms with van der Waals surface area (Å²) < 4.78 is 13.7. The van der Waals surface area contributed by atoms with Gasteiger partial charge >= 0.3 is 0 Å². The fraction of sp³-hybridized carbons (Fsp3) is 0.115. The molecule has 7 nitrogen and oxygen atoms in total. The molecule has 0 fully saturated rings. The third kappa shape index (κ3) is 3.94. The van der Waals surface area contributed by atoms with Crippen LogP contribution in [-0.4, -0.2) is 36.5 Å². The van der Waals surface area contributed by atoms with Crippen molar-refractivity contribution in [3.8, 4) is 33.1 Å². The Morgan fingerprint density at radius 2 is 2.00 bits per heavy atom. The van der Waals surface area contributed by atoms with Gasteiger partial charge in [0.25, 0.3) is 0 Å². The number of anilines is 1. The predicted octanol–water partition coefficient (Wildman–Crippen LogP) is 6.18. The Kier molecular flexibility index (Phi) is 5.28. The monoisotopic (exact) mass is 484 g/mol. The minimum atomic E-state index is -0.638. The Morgan fingerprint density at radius 1 is 1.09 bits per heavy atom. The Balaban J connectivity index is 1.42. The maximum atomic E-state index is 13.7. The zero-order chi connectivity index (χ0) is 23.9. The molecule has 4 N–H and O–H groups in total. The molecule has 6 rings (SSSR count). The number of aromatic nitrogens is 5. The van der Waals surface area contributed by atoms with Gasteiger partial charge in [-0.1, -0.05) is 19.1 Å². The Morgan fingerprint density at radius 3 is 2.83 bits per heavy atom. The fourth-order valence-electron chi connectivity index (χ4n) is 4.16. The molecular weight excluding hydrogens is 463 g/mol. The van der Waals surface area contributed by atoms with Crippen LogP contribution in [0.5, 0.6) is 0 Å². The Bertz CT molecular complexity index is 1670. The molecule has 0 aliphatic rings. The van der Waals surface area contributed by atoms with E-state index in [4.69, 9.17) is 4.98 Å². The molecule has 5 aromatic heterocycles. The molecule has 0 spiro atoms. The fourth-order valence-corrected chi connectivity index (χ4v) is 4.93. The van der Waals surface area contributed by atoms with Gasteiger partial charge < -0.3 is 15.4 Å². The van der Waals surface area contributed by atoms with Crippen molar-refractivity contribution in [1.82, 2.24) is 25.1 Å². The molecule has 5 heterocycles. The SMILES string of the molecule is CCC(O)Nc1cncc(-c2ccc3[nH]nc(-c4cc5c(-c6ccc(F)s6)cccc5[nH]4)c3n2)c1. The quantitative estimate of drug-likeness (QED) is 0.212. The second-order valence-corrected chi connectivity index (χ2v) is 9.28. The van der Waals surface area contributed by atoms with E-state index >= 15 is 0 Å². The molecule has 0 amide bonds. The molecule has 0 saturated carbocycles. The summed E-state index contributed by atoms with van der Waals surface area (Å²) >= 11 is 1.13. The van der Waals surface area contributed by atoms with Crippen LogP contribution in [0.15, 0.2) is 67.0 Å². The van der Waals surface area contributed by atoms with Gasteiger partial charge in [-0.05, 0) is 48.9 Å². The topological polar surface area (TPSA) is 103 Å². The number of nitrogens with one attached hydrogen (secondary N) is 3. The number of nitrogens with zero attached hydrogens (tertiary/aromatic N) is 3. The largest absolute Gasteiger partial charge is 0.374 e. The Hall–Kier alpha value is -4.08. The zero-order valence-electron chi connectivity index (χ0n) is 18.7. The highest BCUT2D eigenvalue weighted by molar-refractivity contribution is 7.14. The van der Waals surface area contributed by atoms with E-state index in [1.165, 1.54) is 6.07 Å². The maximum Gasteiger partial charge on any atom is 0.176 e. The number of pyridine rings is 2. The first kappa shape index (κ1) is 21.5. The van der Waals surface area contributed by atoms with Gasteiger partial charge in [-0.2, -0.15) is 9.49 Å². The van der Waals surface area contributed by atoms with Crippen molar-refractivity contribution in [2.75, 3.05) is 5.32 Å². The molecule has 0 bridgehead atoms. The lowest BCUT2D eigenvalue weighted by Gasteiger charge is -2.12. The minimum absolute atomic E-state index is 0.208. The number of H-pyrrole nitrogens is 2. The van der Waals surface area contributed by atoms with Crippen LogP contribution >= 0.6 is 11.3 Å². The van der Waals surface area contributed by atoms with Crippen LogP contribution in [0.25, 0.3) is 55.0 Å². The molecule has 9 heteroatoms. The van der Waals surface area contributed by atoms with Gasteiger partial charge in [0.1, 0.15) is 17.4 Å². The maximum absolute atomic E-state index is 13.7. The highest BCUT2D eigenvalue weighted by Crippen LogP contribution is 2.36. The summed E-state index contributed by atoms with van der Waals surface area (Å²) in [4.78, 5) is 13.5. The number of halogens is 1. The molecule has 35 heavy (non-hydrogen) atoms. The standard InChI is InChI=1S/C26H21FN6OS/c1-2-24(34)29-15-10-14(12-28-13-15)18-6-7-20-25(31-18)26(33-32-20)21-11-17-16(4-3-5-19(17)30-21)22-8-9-23(27)35-22/h3-13,24,29-30,34H,2H2,1H3,(H,32,33). The second kappa shape index (κ2) is 8.61. The third-order valence-electron chi connectivity index (χ3n) is 5.92. The highest BCUT2D eigenvalue weighted by Gasteiger charge is 2.16. The molecule has 0 aliphatic heterocycles. The summed E-state index contributed by atoms with van der Waals surface area (Å²) in [6.45, 7) is 1.90. The van der Waals surface area contributed by atoms with Gasteiger partial charge in [0.05, 0.1) is 28.8 Å². The summed E-state index contributed by atoms with van der Waals surface area (Å²) in [5, 5.41) is 21.3. The van der Waals surface area contributed by atoms with Gasteiger partial charge in [0, 0.05) is 33.1 Å². The molecule has 1 aromatic carbocycles. The van der Waals surface area contributed by atoms with E-state index in [0.717, 1.165) is 66.4 Å². The number of aliphatic hydroxyl groups is 1. The first-order chi connectivity index (χ1) is 17.1. The Labute approximate surface area is 203 Å². The first-order valence-corrected chi connectivity index (χ1v) is 12.0. The number of aliphatic hydroxyl groups excluding tert-OH is 1. The predicted molar refractivity (Wildman–Crippen MR) is 138 cm³/mol. The zero-order valence-corrected chi connectivity index (χ0v) is 19.5. The van der Waals surface area contributed by atoms with Crippen molar-refractivity contribution in [3.05, 3.63) is 72.1 Å².